The number of sulfonamides is 1. The maximum Gasteiger partial charge on any atom is 0.246 e. The van der Waals surface area contributed by atoms with Crippen molar-refractivity contribution in [2.45, 2.75) is 37.7 Å². The smallest absolute Gasteiger partial charge is 0.246 e. The lowest BCUT2D eigenvalue weighted by molar-refractivity contribution is 0.131. The fraction of sp³-hybridized carbons (Fsp3) is 0.471. The van der Waals surface area contributed by atoms with E-state index in [4.69, 9.17) is 21.1 Å². The summed E-state index contributed by atoms with van der Waals surface area (Å²) in [6.45, 7) is 4.20. The number of H-pyrrole nitrogens is 1. The summed E-state index contributed by atoms with van der Waals surface area (Å²) in [6.07, 6.45) is 1.12. The number of nitrogens with zero attached hydrogens (tertiary/aromatic N) is 2. The molecule has 0 atom stereocenters. The number of hydrogen-bond donors (Lipinski definition) is 1. The zero-order chi connectivity index (χ0) is 18.9. The van der Waals surface area contributed by atoms with Gasteiger partial charge in [0.05, 0.1) is 18.5 Å². The Hall–Kier alpha value is -1.77. The lowest BCUT2D eigenvalue weighted by Crippen LogP contribution is -2.42. The molecule has 3 rings (SSSR count). The number of aryl methyl sites for hydroxylation is 2. The molecule has 1 aromatic heterocycles. The van der Waals surface area contributed by atoms with Crippen LogP contribution in [-0.4, -0.2) is 49.2 Å². The minimum atomic E-state index is -3.55. The van der Waals surface area contributed by atoms with Gasteiger partial charge in [-0.15, -0.1) is 0 Å². The van der Waals surface area contributed by atoms with Gasteiger partial charge >= 0.3 is 0 Å². The van der Waals surface area contributed by atoms with Crippen molar-refractivity contribution < 1.29 is 17.9 Å². The Morgan fingerprint density at radius 2 is 1.92 bits per heavy atom. The fourth-order valence-corrected chi connectivity index (χ4v) is 5.12. The van der Waals surface area contributed by atoms with Crippen molar-refractivity contribution in [2.24, 2.45) is 0 Å². The van der Waals surface area contributed by atoms with Crippen molar-refractivity contribution in [1.82, 2.24) is 14.5 Å². The zero-order valence-electron chi connectivity index (χ0n) is 15.0. The number of halogens is 1. The summed E-state index contributed by atoms with van der Waals surface area (Å²) in [4.78, 5) is 0.274. The molecule has 1 aliphatic heterocycles. The van der Waals surface area contributed by atoms with E-state index in [9.17, 15) is 8.42 Å². The highest BCUT2D eigenvalue weighted by Crippen LogP contribution is 2.33. The molecule has 1 aromatic carbocycles. The average molecular weight is 400 g/mol. The van der Waals surface area contributed by atoms with Crippen molar-refractivity contribution in [3.05, 3.63) is 34.6 Å². The lowest BCUT2D eigenvalue weighted by atomic mass is 10.1. The highest BCUT2D eigenvalue weighted by Gasteiger charge is 2.33. The van der Waals surface area contributed by atoms with E-state index in [-0.39, 0.29) is 11.0 Å². The topological polar surface area (TPSA) is 84.5 Å². The average Bonchev–Trinajstić information content (AvgIpc) is 2.96. The minimum Gasteiger partial charge on any atom is -0.493 e. The molecule has 0 bridgehead atoms. The van der Waals surface area contributed by atoms with Crippen LogP contribution < -0.4 is 9.47 Å². The molecule has 0 aliphatic carbocycles. The Labute approximate surface area is 158 Å². The summed E-state index contributed by atoms with van der Waals surface area (Å²) in [5.41, 5.74) is 1.05. The number of nitrogens with one attached hydrogen (secondary N) is 1. The second-order valence-electron chi connectivity index (χ2n) is 6.28. The Bertz CT molecular complexity index is 870. The van der Waals surface area contributed by atoms with Gasteiger partial charge < -0.3 is 9.47 Å². The van der Waals surface area contributed by atoms with Crippen LogP contribution in [0.25, 0.3) is 0 Å². The first kappa shape index (κ1) is 19.0. The van der Waals surface area contributed by atoms with Gasteiger partial charge in [0.2, 0.25) is 10.0 Å². The van der Waals surface area contributed by atoms with Crippen molar-refractivity contribution in [1.29, 1.82) is 0 Å². The second-order valence-corrected chi connectivity index (χ2v) is 8.59. The van der Waals surface area contributed by atoms with E-state index in [0.29, 0.717) is 53.8 Å². The molecule has 26 heavy (non-hydrogen) atoms. The monoisotopic (exact) mass is 399 g/mol. The number of benzene rings is 1. The Morgan fingerprint density at radius 3 is 2.50 bits per heavy atom. The zero-order valence-corrected chi connectivity index (χ0v) is 16.5. The highest BCUT2D eigenvalue weighted by molar-refractivity contribution is 7.89. The molecule has 0 saturated carbocycles. The van der Waals surface area contributed by atoms with Gasteiger partial charge in [0.25, 0.3) is 0 Å². The molecule has 2 aromatic rings. The van der Waals surface area contributed by atoms with Gasteiger partial charge in [-0.25, -0.2) is 8.42 Å². The lowest BCUT2D eigenvalue weighted by Gasteiger charge is -2.31. The molecule has 9 heteroatoms. The number of aromatic amines is 1. The van der Waals surface area contributed by atoms with Gasteiger partial charge in [0.15, 0.2) is 11.5 Å². The number of piperidine rings is 1. The molecule has 0 unspecified atom stereocenters. The third-order valence-electron chi connectivity index (χ3n) is 4.48. The molecule has 142 valence electrons. The summed E-state index contributed by atoms with van der Waals surface area (Å²) < 4.78 is 38.6. The van der Waals surface area contributed by atoms with Crippen LogP contribution in [0.2, 0.25) is 5.02 Å². The quantitative estimate of drug-likeness (QED) is 0.835. The predicted octanol–water partition coefficient (Wildman–Crippen LogP) is 2.92. The first-order chi connectivity index (χ1) is 12.3. The Kier molecular flexibility index (Phi) is 5.45. The van der Waals surface area contributed by atoms with Gasteiger partial charge in [0, 0.05) is 24.2 Å². The van der Waals surface area contributed by atoms with Crippen LogP contribution >= 0.6 is 11.6 Å². The van der Waals surface area contributed by atoms with Gasteiger partial charge in [0.1, 0.15) is 11.0 Å². The number of aromatic nitrogens is 2. The summed E-state index contributed by atoms with van der Waals surface area (Å²) in [5, 5.41) is 7.30. The van der Waals surface area contributed by atoms with E-state index in [2.05, 4.69) is 10.2 Å². The number of hydrogen-bond acceptors (Lipinski definition) is 5. The molecule has 0 radical (unpaired) electrons. The SMILES string of the molecule is COc1cc(Cl)ccc1OC1CCN(S(=O)(=O)c2c(C)n[nH]c2C)CC1. The summed E-state index contributed by atoms with van der Waals surface area (Å²) in [5.74, 6) is 1.18. The maximum atomic E-state index is 12.9. The first-order valence-corrected chi connectivity index (χ1v) is 10.2. The third-order valence-corrected chi connectivity index (χ3v) is 6.88. The highest BCUT2D eigenvalue weighted by atomic mass is 35.5. The molecule has 0 amide bonds. The Morgan fingerprint density at radius 1 is 1.23 bits per heavy atom. The summed E-state index contributed by atoms with van der Waals surface area (Å²) in [6, 6.07) is 5.20. The summed E-state index contributed by atoms with van der Waals surface area (Å²) in [7, 11) is -1.99. The first-order valence-electron chi connectivity index (χ1n) is 8.35. The van der Waals surface area contributed by atoms with Crippen LogP contribution in [0, 0.1) is 13.8 Å². The number of methoxy groups -OCH3 is 1. The van der Waals surface area contributed by atoms with Crippen LogP contribution in [0.4, 0.5) is 0 Å². The normalized spacial score (nSPS) is 16.6. The Balaban J connectivity index is 1.68. The van der Waals surface area contributed by atoms with Crippen LogP contribution in [0.5, 0.6) is 11.5 Å². The third kappa shape index (κ3) is 3.67. The van der Waals surface area contributed by atoms with Crippen molar-refractivity contribution >= 4 is 21.6 Å². The van der Waals surface area contributed by atoms with E-state index in [1.54, 1.807) is 39.2 Å². The molecular weight excluding hydrogens is 378 g/mol. The maximum absolute atomic E-state index is 12.9. The van der Waals surface area contributed by atoms with E-state index >= 15 is 0 Å². The molecule has 1 aliphatic rings. The van der Waals surface area contributed by atoms with Gasteiger partial charge in [-0.2, -0.15) is 9.40 Å². The molecule has 1 saturated heterocycles. The van der Waals surface area contributed by atoms with Crippen LogP contribution in [0.15, 0.2) is 23.1 Å². The molecule has 0 spiro atoms. The molecular formula is C17H22ClN3O4S. The van der Waals surface area contributed by atoms with Crippen LogP contribution in [0.3, 0.4) is 0 Å². The fourth-order valence-electron chi connectivity index (χ4n) is 3.16. The molecule has 7 nitrogen and oxygen atoms in total. The van der Waals surface area contributed by atoms with Gasteiger partial charge in [-0.1, -0.05) is 11.6 Å². The van der Waals surface area contributed by atoms with Crippen LogP contribution in [-0.2, 0) is 10.0 Å². The van der Waals surface area contributed by atoms with Crippen molar-refractivity contribution in [2.75, 3.05) is 20.2 Å². The van der Waals surface area contributed by atoms with E-state index < -0.39 is 10.0 Å². The number of ether oxygens (including phenoxy) is 2. The summed E-state index contributed by atoms with van der Waals surface area (Å²) >= 11 is 5.97. The standard InChI is InChI=1S/C17H22ClN3O4S/c1-11-17(12(2)20-19-11)26(22,23)21-8-6-14(7-9-21)25-15-5-4-13(18)10-16(15)24-3/h4-5,10,14H,6-9H2,1-3H3,(H,19,20). The van der Waals surface area contributed by atoms with Gasteiger partial charge in [-0.3, -0.25) is 5.10 Å². The van der Waals surface area contributed by atoms with Crippen molar-refractivity contribution in [3.8, 4) is 11.5 Å². The van der Waals surface area contributed by atoms with Crippen LogP contribution in [0.1, 0.15) is 24.2 Å². The van der Waals surface area contributed by atoms with E-state index in [1.807, 2.05) is 0 Å². The van der Waals surface area contributed by atoms with E-state index in [0.717, 1.165) is 0 Å². The second kappa shape index (κ2) is 7.46. The molecule has 2 heterocycles. The largest absolute Gasteiger partial charge is 0.493 e. The predicted molar refractivity (Wildman–Crippen MR) is 98.5 cm³/mol. The molecule has 1 N–H and O–H groups in total. The van der Waals surface area contributed by atoms with E-state index in [1.165, 1.54) is 4.31 Å². The minimum absolute atomic E-state index is 0.0805. The number of rotatable bonds is 5. The molecule has 1 fully saturated rings. The van der Waals surface area contributed by atoms with Gasteiger partial charge in [-0.05, 0) is 38.8 Å². The van der Waals surface area contributed by atoms with Crippen molar-refractivity contribution in [3.63, 3.8) is 0 Å².